The fraction of sp³-hybridized carbons (Fsp3) is 0.417. The van der Waals surface area contributed by atoms with Crippen molar-refractivity contribution >= 4 is 34.7 Å². The summed E-state index contributed by atoms with van der Waals surface area (Å²) in [5, 5.41) is 14.6. The van der Waals surface area contributed by atoms with Gasteiger partial charge in [0.15, 0.2) is 10.2 Å². The SMILES string of the molecule is CCCCNC(=S)NCc1ccccc1-c1ccccc1CNC(=S)NCCCC. The van der Waals surface area contributed by atoms with Crippen molar-refractivity contribution in [1.29, 1.82) is 0 Å². The van der Waals surface area contributed by atoms with E-state index < -0.39 is 0 Å². The van der Waals surface area contributed by atoms with Crippen LogP contribution in [0.1, 0.15) is 50.7 Å². The minimum absolute atomic E-state index is 0.687. The van der Waals surface area contributed by atoms with Crippen LogP contribution in [0.4, 0.5) is 0 Å². The number of hydrogen-bond acceptors (Lipinski definition) is 2. The Kier molecular flexibility index (Phi) is 11.2. The molecule has 0 spiro atoms. The summed E-state index contributed by atoms with van der Waals surface area (Å²) in [5.41, 5.74) is 4.86. The summed E-state index contributed by atoms with van der Waals surface area (Å²) in [4.78, 5) is 0. The molecule has 0 heterocycles. The molecule has 4 nitrogen and oxygen atoms in total. The van der Waals surface area contributed by atoms with Crippen LogP contribution in [0.15, 0.2) is 48.5 Å². The van der Waals surface area contributed by atoms with Crippen molar-refractivity contribution in [2.45, 2.75) is 52.6 Å². The van der Waals surface area contributed by atoms with Crippen LogP contribution in [0.25, 0.3) is 11.1 Å². The molecule has 4 N–H and O–H groups in total. The second-order valence-corrected chi connectivity index (χ2v) is 8.06. The smallest absolute Gasteiger partial charge is 0.166 e. The third kappa shape index (κ3) is 8.28. The first-order valence-electron chi connectivity index (χ1n) is 10.8. The fourth-order valence-electron chi connectivity index (χ4n) is 3.11. The lowest BCUT2D eigenvalue weighted by molar-refractivity contribution is 0.738. The maximum absolute atomic E-state index is 5.41. The Morgan fingerprint density at radius 3 is 1.43 bits per heavy atom. The van der Waals surface area contributed by atoms with E-state index in [9.17, 15) is 0 Å². The Morgan fingerprint density at radius 1 is 0.633 bits per heavy atom. The molecule has 162 valence electrons. The van der Waals surface area contributed by atoms with Gasteiger partial charge < -0.3 is 21.3 Å². The van der Waals surface area contributed by atoms with Crippen LogP contribution in [-0.2, 0) is 13.1 Å². The molecule has 0 unspecified atom stereocenters. The van der Waals surface area contributed by atoms with Gasteiger partial charge in [0, 0.05) is 26.2 Å². The molecule has 0 saturated heterocycles. The van der Waals surface area contributed by atoms with Gasteiger partial charge in [-0.2, -0.15) is 0 Å². The average Bonchev–Trinajstić information content (AvgIpc) is 2.77. The predicted molar refractivity (Wildman–Crippen MR) is 137 cm³/mol. The van der Waals surface area contributed by atoms with Crippen molar-refractivity contribution in [3.63, 3.8) is 0 Å². The maximum atomic E-state index is 5.41. The van der Waals surface area contributed by atoms with Gasteiger partial charge in [-0.15, -0.1) is 0 Å². The van der Waals surface area contributed by atoms with Gasteiger partial charge >= 0.3 is 0 Å². The average molecular weight is 443 g/mol. The van der Waals surface area contributed by atoms with E-state index >= 15 is 0 Å². The maximum Gasteiger partial charge on any atom is 0.166 e. The highest BCUT2D eigenvalue weighted by molar-refractivity contribution is 7.80. The molecule has 2 rings (SSSR count). The highest BCUT2D eigenvalue weighted by Crippen LogP contribution is 2.27. The molecule has 0 radical (unpaired) electrons. The molecule has 0 aliphatic heterocycles. The Hall–Kier alpha value is -2.18. The summed E-state index contributed by atoms with van der Waals surface area (Å²) in [6, 6.07) is 16.9. The number of unbranched alkanes of at least 4 members (excludes halogenated alkanes) is 2. The zero-order valence-corrected chi connectivity index (χ0v) is 19.7. The Labute approximate surface area is 192 Å². The van der Waals surface area contributed by atoms with Gasteiger partial charge in [-0.25, -0.2) is 0 Å². The molecule has 2 aromatic rings. The first kappa shape index (κ1) is 24.1. The van der Waals surface area contributed by atoms with Crippen molar-refractivity contribution in [2.24, 2.45) is 0 Å². The molecule has 0 aliphatic rings. The molecule has 0 aromatic heterocycles. The number of benzene rings is 2. The van der Waals surface area contributed by atoms with Gasteiger partial charge in [0.25, 0.3) is 0 Å². The number of thiocarbonyl (C=S) groups is 2. The lowest BCUT2D eigenvalue weighted by Crippen LogP contribution is -2.35. The molecule has 0 saturated carbocycles. The molecule has 6 heteroatoms. The summed E-state index contributed by atoms with van der Waals surface area (Å²) in [6.07, 6.45) is 4.55. The van der Waals surface area contributed by atoms with E-state index in [0.717, 1.165) is 38.8 Å². The van der Waals surface area contributed by atoms with E-state index in [4.69, 9.17) is 24.4 Å². The highest BCUT2D eigenvalue weighted by atomic mass is 32.1. The molecule has 0 atom stereocenters. The summed E-state index contributed by atoms with van der Waals surface area (Å²) in [5.74, 6) is 0. The Morgan fingerprint density at radius 2 is 1.03 bits per heavy atom. The number of hydrogen-bond donors (Lipinski definition) is 4. The topological polar surface area (TPSA) is 48.1 Å². The van der Waals surface area contributed by atoms with E-state index in [2.05, 4.69) is 83.6 Å². The number of rotatable bonds is 11. The first-order valence-corrected chi connectivity index (χ1v) is 11.7. The van der Waals surface area contributed by atoms with Gasteiger partial charge in [0.2, 0.25) is 0 Å². The monoisotopic (exact) mass is 442 g/mol. The second-order valence-electron chi connectivity index (χ2n) is 7.24. The summed E-state index contributed by atoms with van der Waals surface area (Å²) >= 11 is 10.8. The van der Waals surface area contributed by atoms with Crippen LogP contribution in [0.2, 0.25) is 0 Å². The van der Waals surface area contributed by atoms with Crippen LogP contribution in [0, 0.1) is 0 Å². The zero-order valence-electron chi connectivity index (χ0n) is 18.1. The van der Waals surface area contributed by atoms with E-state index in [1.807, 2.05) is 0 Å². The molecular formula is C24H34N4S2. The van der Waals surface area contributed by atoms with E-state index in [1.165, 1.54) is 22.3 Å². The summed E-state index contributed by atoms with van der Waals surface area (Å²) < 4.78 is 0. The van der Waals surface area contributed by atoms with Crippen molar-refractivity contribution in [1.82, 2.24) is 21.3 Å². The molecule has 2 aromatic carbocycles. The van der Waals surface area contributed by atoms with Crippen LogP contribution in [-0.4, -0.2) is 23.3 Å². The highest BCUT2D eigenvalue weighted by Gasteiger charge is 2.10. The molecule has 0 bridgehead atoms. The fourth-order valence-corrected chi connectivity index (χ4v) is 3.46. The second kappa shape index (κ2) is 13.9. The standard InChI is InChI=1S/C24H34N4S2/c1-3-5-15-25-23(29)27-17-19-11-7-9-13-21(19)22-14-10-8-12-20(22)18-28-24(30)26-16-6-4-2/h7-14H,3-6,15-18H2,1-2H3,(H2,25,27,29)(H2,26,28,30). The number of nitrogens with one attached hydrogen (secondary N) is 4. The van der Waals surface area contributed by atoms with Gasteiger partial charge in [-0.3, -0.25) is 0 Å². The predicted octanol–water partition coefficient (Wildman–Crippen LogP) is 4.88. The van der Waals surface area contributed by atoms with Crippen molar-refractivity contribution in [3.8, 4) is 11.1 Å². The Bertz CT molecular complexity index is 740. The molecule has 0 amide bonds. The minimum atomic E-state index is 0.687. The lowest BCUT2D eigenvalue weighted by atomic mass is 9.95. The molecule has 0 aliphatic carbocycles. The van der Waals surface area contributed by atoms with Gasteiger partial charge in [0.05, 0.1) is 0 Å². The van der Waals surface area contributed by atoms with Crippen LogP contribution >= 0.6 is 24.4 Å². The van der Waals surface area contributed by atoms with Crippen molar-refractivity contribution in [3.05, 3.63) is 59.7 Å². The Balaban J connectivity index is 2.05. The normalized spacial score (nSPS) is 10.3. The van der Waals surface area contributed by atoms with Crippen LogP contribution < -0.4 is 21.3 Å². The zero-order chi connectivity index (χ0) is 21.6. The van der Waals surface area contributed by atoms with Gasteiger partial charge in [0.1, 0.15) is 0 Å². The van der Waals surface area contributed by atoms with E-state index in [-0.39, 0.29) is 0 Å². The largest absolute Gasteiger partial charge is 0.363 e. The summed E-state index contributed by atoms with van der Waals surface area (Å²) in [6.45, 7) is 7.54. The third-order valence-electron chi connectivity index (χ3n) is 4.84. The molecular weight excluding hydrogens is 408 g/mol. The lowest BCUT2D eigenvalue weighted by Gasteiger charge is -2.17. The van der Waals surface area contributed by atoms with Crippen LogP contribution in [0.3, 0.4) is 0 Å². The quantitative estimate of drug-likeness (QED) is 0.294. The van der Waals surface area contributed by atoms with Crippen molar-refractivity contribution < 1.29 is 0 Å². The van der Waals surface area contributed by atoms with Crippen molar-refractivity contribution in [2.75, 3.05) is 13.1 Å². The third-order valence-corrected chi connectivity index (χ3v) is 5.41. The first-order chi connectivity index (χ1) is 14.7. The minimum Gasteiger partial charge on any atom is -0.363 e. The van der Waals surface area contributed by atoms with Gasteiger partial charge in [-0.1, -0.05) is 75.2 Å². The van der Waals surface area contributed by atoms with E-state index in [1.54, 1.807) is 0 Å². The summed E-state index contributed by atoms with van der Waals surface area (Å²) in [7, 11) is 0. The van der Waals surface area contributed by atoms with Gasteiger partial charge in [-0.05, 0) is 59.5 Å². The molecule has 0 fully saturated rings. The van der Waals surface area contributed by atoms with E-state index in [0.29, 0.717) is 23.3 Å². The van der Waals surface area contributed by atoms with Crippen LogP contribution in [0.5, 0.6) is 0 Å². The molecule has 30 heavy (non-hydrogen) atoms.